The predicted molar refractivity (Wildman–Crippen MR) is 29.5 cm³/mol. The Balaban J connectivity index is -0.000000213. The SMILES string of the molecule is [3H]c1n[c-]nc([CH2-])n1.[CH3-].[U].[Y]. The maximum absolute atomic E-state index is 6.80. The van der Waals surface area contributed by atoms with Crippen LogP contribution in [0.1, 0.15) is 7.20 Å². The molecule has 1 rings (SSSR count). The number of hydrogen-bond acceptors (Lipinski definition) is 3. The topological polar surface area (TPSA) is 38.7 Å². The van der Waals surface area contributed by atoms with Gasteiger partial charge in [0.05, 0.1) is 0 Å². The molecule has 1 radical (unpaired) electrons. The van der Waals surface area contributed by atoms with Gasteiger partial charge in [-0.1, -0.05) is 0 Å². The molecule has 0 aliphatic heterocycles. The Kier molecular flexibility index (Phi) is 13.7. The van der Waals surface area contributed by atoms with Gasteiger partial charge in [-0.3, -0.25) is 0 Å². The van der Waals surface area contributed by atoms with E-state index in [0.717, 1.165) is 0 Å². The Morgan fingerprint density at radius 3 is 2.60 bits per heavy atom. The van der Waals surface area contributed by atoms with E-state index < -0.39 is 0 Å². The van der Waals surface area contributed by atoms with Gasteiger partial charge in [0.25, 0.3) is 0 Å². The molecule has 0 fully saturated rings. The summed E-state index contributed by atoms with van der Waals surface area (Å²) in [5, 5.41) is 0. The zero-order chi connectivity index (χ0) is 5.98. The van der Waals surface area contributed by atoms with Crippen molar-refractivity contribution in [1.29, 1.82) is 0 Å². The minimum Gasteiger partial charge on any atom is -0.399 e. The molecule has 0 bridgehead atoms. The van der Waals surface area contributed by atoms with Crippen LogP contribution in [-0.4, -0.2) is 15.0 Å². The van der Waals surface area contributed by atoms with E-state index in [9.17, 15) is 0 Å². The van der Waals surface area contributed by atoms with Gasteiger partial charge in [-0.15, -0.1) is 5.82 Å². The van der Waals surface area contributed by atoms with Crippen LogP contribution in [0.3, 0.4) is 0 Å². The summed E-state index contributed by atoms with van der Waals surface area (Å²) < 4.78 is 6.80. The number of rotatable bonds is 0. The van der Waals surface area contributed by atoms with Crippen molar-refractivity contribution >= 4 is 0 Å². The van der Waals surface area contributed by atoms with E-state index in [2.05, 4.69) is 28.2 Å². The summed E-state index contributed by atoms with van der Waals surface area (Å²) in [6, 6.07) is 0. The summed E-state index contributed by atoms with van der Waals surface area (Å²) >= 11 is 0. The Bertz CT molecular complexity index is 182. The van der Waals surface area contributed by atoms with E-state index in [1.54, 1.807) is 0 Å². The van der Waals surface area contributed by atoms with Crippen molar-refractivity contribution in [2.45, 2.75) is 0 Å². The summed E-state index contributed by atoms with van der Waals surface area (Å²) in [6.07, 6.45) is 2.12. The van der Waals surface area contributed by atoms with Crippen molar-refractivity contribution in [3.8, 4) is 0 Å². The standard InChI is InChI=1S/C4H3N3.CH3.U.Y/c1-4-6-2-5-3-7-4;;;/h2H,1H2;1H3;;/q-2;-1;;/i2T;;;. The first-order chi connectivity index (χ1) is 3.79. The van der Waals surface area contributed by atoms with Gasteiger partial charge in [-0.25, -0.2) is 0 Å². The largest absolute Gasteiger partial charge is 0.399 e. The van der Waals surface area contributed by atoms with Gasteiger partial charge in [-0.05, 0) is 0 Å². The van der Waals surface area contributed by atoms with Crippen molar-refractivity contribution in [3.63, 3.8) is 0 Å². The Morgan fingerprint density at radius 1 is 1.70 bits per heavy atom. The van der Waals surface area contributed by atoms with Gasteiger partial charge in [0.2, 0.25) is 0 Å². The first-order valence-electron chi connectivity index (χ1n) is 2.20. The third kappa shape index (κ3) is 7.15. The fraction of sp³-hybridized carbons (Fsp3) is 0. The van der Waals surface area contributed by atoms with E-state index >= 15 is 0 Å². The number of hydrogen-bond donors (Lipinski definition) is 0. The van der Waals surface area contributed by atoms with Crippen LogP contribution in [0.5, 0.6) is 0 Å². The first kappa shape index (κ1) is 13.6. The molecule has 3 nitrogen and oxygen atoms in total. The van der Waals surface area contributed by atoms with E-state index in [4.69, 9.17) is 1.37 Å². The number of nitrogens with zero attached hydrogens (tertiary/aromatic N) is 3. The fourth-order valence-corrected chi connectivity index (χ4v) is 0.213. The molecule has 1 aromatic heterocycles. The van der Waals surface area contributed by atoms with Crippen molar-refractivity contribution in [2.24, 2.45) is 0 Å². The first-order valence-corrected chi connectivity index (χ1v) is 1.70. The van der Waals surface area contributed by atoms with E-state index in [1.165, 1.54) is 0 Å². The predicted octanol–water partition coefficient (Wildman–Crippen LogP) is 0.302. The average Bonchev–Trinajstić information content (AvgIpc) is 1.64. The van der Waals surface area contributed by atoms with Crippen LogP contribution in [-0.2, 0) is 32.7 Å². The summed E-state index contributed by atoms with van der Waals surface area (Å²) in [5.41, 5.74) is 0. The summed E-state index contributed by atoms with van der Waals surface area (Å²) in [6.45, 7) is 3.37. The molecule has 0 amide bonds. The molecule has 0 spiro atoms. The van der Waals surface area contributed by atoms with Gasteiger partial charge >= 0.3 is 0 Å². The van der Waals surface area contributed by atoms with Crippen LogP contribution in [0.4, 0.5) is 0 Å². The molecular formula is C5H6N3UY-3. The summed E-state index contributed by atoms with van der Waals surface area (Å²) in [5.74, 6) is 0.282. The zero-order valence-electron chi connectivity index (χ0n) is 6.63. The van der Waals surface area contributed by atoms with Crippen LogP contribution < -0.4 is 0 Å². The molecule has 0 aromatic carbocycles. The Morgan fingerprint density at radius 2 is 2.30 bits per heavy atom. The molecule has 0 aliphatic carbocycles. The Labute approximate surface area is 111 Å². The molecule has 0 unspecified atom stereocenters. The molecule has 0 atom stereocenters. The second kappa shape index (κ2) is 10.0. The molecule has 10 heavy (non-hydrogen) atoms. The molecular weight excluding hydrogens is 429 g/mol. The van der Waals surface area contributed by atoms with Crippen LogP contribution >= 0.6 is 0 Å². The molecule has 1 aromatic rings. The van der Waals surface area contributed by atoms with Crippen molar-refractivity contribution < 1.29 is 65.2 Å². The zero-order valence-corrected chi connectivity index (χ0v) is 12.6. The van der Waals surface area contributed by atoms with E-state index in [1.807, 2.05) is 0 Å². The maximum Gasteiger partial charge on any atom is 0.0220 e. The van der Waals surface area contributed by atoms with Gasteiger partial charge < -0.3 is 29.3 Å². The second-order valence-electron chi connectivity index (χ2n) is 0.952. The molecule has 0 N–H and O–H groups in total. The minimum absolute atomic E-state index is 0. The summed E-state index contributed by atoms with van der Waals surface area (Å²) in [7, 11) is 0. The average molecular weight is 437 g/mol. The van der Waals surface area contributed by atoms with Crippen LogP contribution in [0, 0.1) is 51.8 Å². The van der Waals surface area contributed by atoms with Gasteiger partial charge in [0.15, 0.2) is 0 Å². The molecule has 0 saturated heterocycles. The molecule has 1 heterocycles. The van der Waals surface area contributed by atoms with Crippen molar-refractivity contribution in [3.05, 3.63) is 32.8 Å². The monoisotopic (exact) mass is 437 g/mol. The fourth-order valence-electron chi connectivity index (χ4n) is 0.213. The van der Waals surface area contributed by atoms with Crippen LogP contribution in [0.2, 0.25) is 0 Å². The normalized spacial score (nSPS) is 7.40. The molecule has 0 saturated carbocycles. The summed E-state index contributed by atoms with van der Waals surface area (Å²) in [4.78, 5) is 10.3. The van der Waals surface area contributed by atoms with Crippen molar-refractivity contribution in [1.82, 2.24) is 15.0 Å². The van der Waals surface area contributed by atoms with Crippen LogP contribution in [0.15, 0.2) is 6.30 Å². The van der Waals surface area contributed by atoms with Gasteiger partial charge in [0.1, 0.15) is 0 Å². The second-order valence-corrected chi connectivity index (χ2v) is 0.952. The van der Waals surface area contributed by atoms with E-state index in [0.29, 0.717) is 0 Å². The van der Waals surface area contributed by atoms with Gasteiger partial charge in [0, 0.05) is 77.8 Å². The van der Waals surface area contributed by atoms with Crippen LogP contribution in [0.25, 0.3) is 0 Å². The van der Waals surface area contributed by atoms with Gasteiger partial charge in [-0.2, -0.15) is 0 Å². The number of aromatic nitrogens is 3. The molecule has 51 valence electrons. The smallest absolute Gasteiger partial charge is 0.0220 e. The third-order valence-corrected chi connectivity index (χ3v) is 0.458. The maximum atomic E-state index is 6.80. The quantitative estimate of drug-likeness (QED) is 0.549. The van der Waals surface area contributed by atoms with E-state index in [-0.39, 0.29) is 83.4 Å². The molecule has 0 aliphatic rings. The molecule has 5 heteroatoms. The third-order valence-electron chi connectivity index (χ3n) is 0.458. The van der Waals surface area contributed by atoms with Crippen molar-refractivity contribution in [2.75, 3.05) is 0 Å². The Hall–Kier alpha value is 1.04. The minimum atomic E-state index is -0.0926.